The minimum Gasteiger partial charge on any atom is -0.309 e. The first kappa shape index (κ1) is 36.2. The summed E-state index contributed by atoms with van der Waals surface area (Å²) >= 11 is 0. The SMILES string of the molecule is C=C(/C=C(\C=C(/C)N1C(=C)/N=C\C=C/Cc2c1ccc1c3ccccc3n(-c3cc(-c4ccccc4)cc(-c4ccccc4)c3)c21)c1ccccc1)c1ccccc1. The highest BCUT2D eigenvalue weighted by Crippen LogP contribution is 2.42. The molecule has 0 radical (unpaired) electrons. The molecule has 0 saturated carbocycles. The van der Waals surface area contributed by atoms with E-state index in [1.807, 2.05) is 36.6 Å². The van der Waals surface area contributed by atoms with E-state index in [4.69, 9.17) is 4.99 Å². The van der Waals surface area contributed by atoms with Gasteiger partial charge in [-0.25, -0.2) is 4.99 Å². The molecule has 0 fully saturated rings. The maximum atomic E-state index is 4.86. The maximum absolute atomic E-state index is 4.86. The second kappa shape index (κ2) is 15.9. The van der Waals surface area contributed by atoms with Crippen LogP contribution in [0.1, 0.15) is 23.6 Å². The third-order valence-corrected chi connectivity index (χ3v) is 10.9. The van der Waals surface area contributed by atoms with Crippen molar-refractivity contribution in [2.45, 2.75) is 13.3 Å². The number of anilines is 1. The van der Waals surface area contributed by atoms with Crippen molar-refractivity contribution in [3.8, 4) is 27.9 Å². The molecule has 0 saturated heterocycles. The Balaban J connectivity index is 1.29. The molecule has 0 N–H and O–H groups in total. The number of hydrogen-bond donors (Lipinski definition) is 0. The molecule has 2 heterocycles. The summed E-state index contributed by atoms with van der Waals surface area (Å²) in [5.74, 6) is 0.635. The number of para-hydroxylation sites is 1. The first-order valence-electron chi connectivity index (χ1n) is 19.7. The van der Waals surface area contributed by atoms with Crippen LogP contribution in [0.4, 0.5) is 5.69 Å². The molecular weight excluding hydrogens is 703 g/mol. The van der Waals surface area contributed by atoms with Crippen LogP contribution >= 0.6 is 0 Å². The number of aliphatic imine (C=N–C) groups is 1. The zero-order valence-electron chi connectivity index (χ0n) is 32.6. The molecular formula is C55H43N3. The topological polar surface area (TPSA) is 20.5 Å². The smallest absolute Gasteiger partial charge is 0.129 e. The van der Waals surface area contributed by atoms with Gasteiger partial charge in [-0.3, -0.25) is 4.90 Å². The van der Waals surface area contributed by atoms with Gasteiger partial charge in [-0.05, 0) is 106 Å². The van der Waals surface area contributed by atoms with Crippen molar-refractivity contribution in [3.05, 3.63) is 242 Å². The monoisotopic (exact) mass is 745 g/mol. The van der Waals surface area contributed by atoms with Gasteiger partial charge in [0.05, 0.1) is 16.7 Å². The molecule has 0 unspecified atom stereocenters. The van der Waals surface area contributed by atoms with E-state index in [2.05, 4.69) is 199 Å². The number of hydrogen-bond acceptors (Lipinski definition) is 2. The van der Waals surface area contributed by atoms with E-state index in [1.165, 1.54) is 27.5 Å². The molecule has 1 aromatic heterocycles. The van der Waals surface area contributed by atoms with Gasteiger partial charge in [0.15, 0.2) is 0 Å². The van der Waals surface area contributed by atoms with Gasteiger partial charge >= 0.3 is 0 Å². The van der Waals surface area contributed by atoms with E-state index >= 15 is 0 Å². The summed E-state index contributed by atoms with van der Waals surface area (Å²) in [6.45, 7) is 11.2. The lowest BCUT2D eigenvalue weighted by Gasteiger charge is -2.28. The van der Waals surface area contributed by atoms with Crippen molar-refractivity contribution in [2.75, 3.05) is 4.90 Å². The van der Waals surface area contributed by atoms with Crippen molar-refractivity contribution >= 4 is 44.9 Å². The molecule has 0 atom stereocenters. The fourth-order valence-corrected chi connectivity index (χ4v) is 8.15. The molecule has 1 aliphatic heterocycles. The minimum absolute atomic E-state index is 0.635. The fourth-order valence-electron chi connectivity index (χ4n) is 8.15. The van der Waals surface area contributed by atoms with E-state index < -0.39 is 0 Å². The van der Waals surface area contributed by atoms with Gasteiger partial charge in [0.1, 0.15) is 5.82 Å². The van der Waals surface area contributed by atoms with E-state index in [-0.39, 0.29) is 0 Å². The Kier molecular flexibility index (Phi) is 9.94. The van der Waals surface area contributed by atoms with E-state index in [1.54, 1.807) is 0 Å². The Labute approximate surface area is 340 Å². The van der Waals surface area contributed by atoms with Crippen LogP contribution in [0.3, 0.4) is 0 Å². The van der Waals surface area contributed by atoms with Gasteiger partial charge in [0.2, 0.25) is 0 Å². The molecule has 0 amide bonds. The van der Waals surface area contributed by atoms with Crippen molar-refractivity contribution in [1.29, 1.82) is 0 Å². The summed E-state index contributed by atoms with van der Waals surface area (Å²) in [5, 5.41) is 2.41. The lowest BCUT2D eigenvalue weighted by atomic mass is 9.97. The summed E-state index contributed by atoms with van der Waals surface area (Å²) in [5.41, 5.74) is 15.5. The fraction of sp³-hybridized carbons (Fsp3) is 0.0364. The highest BCUT2D eigenvalue weighted by molar-refractivity contribution is 6.12. The molecule has 0 spiro atoms. The van der Waals surface area contributed by atoms with Crippen LogP contribution in [0.2, 0.25) is 0 Å². The Bertz CT molecular complexity index is 2870. The Morgan fingerprint density at radius 1 is 0.603 bits per heavy atom. The normalized spacial score (nSPS) is 14.4. The predicted molar refractivity (Wildman–Crippen MR) is 248 cm³/mol. The van der Waals surface area contributed by atoms with E-state index in [0.717, 1.165) is 61.5 Å². The predicted octanol–water partition coefficient (Wildman–Crippen LogP) is 14.3. The third-order valence-electron chi connectivity index (χ3n) is 10.9. The van der Waals surface area contributed by atoms with Gasteiger partial charge in [0, 0.05) is 33.9 Å². The molecule has 0 aliphatic carbocycles. The van der Waals surface area contributed by atoms with Crippen LogP contribution < -0.4 is 4.90 Å². The highest BCUT2D eigenvalue weighted by Gasteiger charge is 2.24. The molecule has 8 aromatic rings. The van der Waals surface area contributed by atoms with Crippen molar-refractivity contribution in [1.82, 2.24) is 4.57 Å². The molecule has 3 heteroatoms. The second-order valence-corrected chi connectivity index (χ2v) is 14.6. The molecule has 58 heavy (non-hydrogen) atoms. The largest absolute Gasteiger partial charge is 0.309 e. The summed E-state index contributed by atoms with van der Waals surface area (Å²) in [6, 6.07) is 62.4. The van der Waals surface area contributed by atoms with Gasteiger partial charge in [-0.2, -0.15) is 0 Å². The third kappa shape index (κ3) is 7.06. The average Bonchev–Trinajstić information content (AvgIpc) is 3.65. The van der Waals surface area contributed by atoms with Crippen molar-refractivity contribution < 1.29 is 0 Å². The number of allylic oxidation sites excluding steroid dienone is 7. The summed E-state index contributed by atoms with van der Waals surface area (Å²) in [6.07, 6.45) is 11.2. The number of fused-ring (bicyclic) bond motifs is 5. The Morgan fingerprint density at radius 3 is 1.84 bits per heavy atom. The average molecular weight is 746 g/mol. The van der Waals surface area contributed by atoms with E-state index in [9.17, 15) is 0 Å². The number of nitrogens with zero attached hydrogens (tertiary/aromatic N) is 3. The van der Waals surface area contributed by atoms with Gasteiger partial charge < -0.3 is 4.57 Å². The lowest BCUT2D eigenvalue weighted by Crippen LogP contribution is -2.20. The summed E-state index contributed by atoms with van der Waals surface area (Å²) in [7, 11) is 0. The number of rotatable bonds is 8. The van der Waals surface area contributed by atoms with Gasteiger partial charge in [-0.1, -0.05) is 165 Å². The minimum atomic E-state index is 0.635. The summed E-state index contributed by atoms with van der Waals surface area (Å²) in [4.78, 5) is 7.07. The first-order chi connectivity index (χ1) is 28.5. The van der Waals surface area contributed by atoms with Crippen molar-refractivity contribution in [3.63, 3.8) is 0 Å². The maximum Gasteiger partial charge on any atom is 0.129 e. The lowest BCUT2D eigenvalue weighted by molar-refractivity contribution is 1.03. The quantitative estimate of drug-likeness (QED) is 0.142. The van der Waals surface area contributed by atoms with Crippen LogP contribution in [0.5, 0.6) is 0 Å². The molecule has 7 aromatic carbocycles. The molecule has 3 nitrogen and oxygen atoms in total. The van der Waals surface area contributed by atoms with Crippen LogP contribution in [-0.4, -0.2) is 10.8 Å². The molecule has 9 rings (SSSR count). The summed E-state index contributed by atoms with van der Waals surface area (Å²) < 4.78 is 2.47. The van der Waals surface area contributed by atoms with Crippen LogP contribution in [0.25, 0.3) is 60.9 Å². The highest BCUT2D eigenvalue weighted by atomic mass is 15.2. The van der Waals surface area contributed by atoms with Crippen molar-refractivity contribution in [2.24, 2.45) is 4.99 Å². The van der Waals surface area contributed by atoms with E-state index in [0.29, 0.717) is 12.2 Å². The van der Waals surface area contributed by atoms with Crippen LogP contribution in [-0.2, 0) is 6.42 Å². The number of aromatic nitrogens is 1. The number of benzene rings is 7. The van der Waals surface area contributed by atoms with Gasteiger partial charge in [-0.15, -0.1) is 0 Å². The van der Waals surface area contributed by atoms with Gasteiger partial charge in [0.25, 0.3) is 0 Å². The second-order valence-electron chi connectivity index (χ2n) is 14.6. The zero-order chi connectivity index (χ0) is 39.4. The zero-order valence-corrected chi connectivity index (χ0v) is 32.6. The Hall–Kier alpha value is -7.49. The van der Waals surface area contributed by atoms with Crippen LogP contribution in [0, 0.1) is 0 Å². The first-order valence-corrected chi connectivity index (χ1v) is 19.7. The molecule has 0 bridgehead atoms. The molecule has 278 valence electrons. The standard InChI is InChI=1S/C55H43N3/c1-39(42-20-8-4-9-21-42)34-46(43-22-10-5-11-23-43)35-40(2)57-41(3)56-33-19-18-29-52-54(57)32-31-51-50-28-16-17-30-53(50)58(55(51)52)49-37-47(44-24-12-6-13-25-44)36-48(38-49)45-26-14-7-15-27-45/h4-28,30-38H,1,3,29H2,2H3/b19-18-,40-35+,46-34+,56-33-. The van der Waals surface area contributed by atoms with Crippen LogP contribution in [0.15, 0.2) is 230 Å². The Morgan fingerprint density at radius 2 is 1.19 bits per heavy atom. The molecule has 1 aliphatic rings.